The van der Waals surface area contributed by atoms with Crippen LogP contribution in [-0.2, 0) is 10.9 Å². The van der Waals surface area contributed by atoms with Crippen LogP contribution in [0.15, 0.2) is 24.3 Å². The molecule has 1 N–H and O–H groups in total. The molecule has 0 aliphatic heterocycles. The molecule has 3 nitrogen and oxygen atoms in total. The van der Waals surface area contributed by atoms with Crippen LogP contribution in [0.4, 0.5) is 13.2 Å². The Morgan fingerprint density at radius 3 is 2.72 bits per heavy atom. The molecule has 0 saturated carbocycles. The maximum atomic E-state index is 12.4. The van der Waals surface area contributed by atoms with Crippen LogP contribution in [-0.4, -0.2) is 32.6 Å². The molecule has 0 spiro atoms. The number of benzene rings is 1. The normalized spacial score (nSPS) is 11.6. The van der Waals surface area contributed by atoms with Crippen molar-refractivity contribution in [3.63, 3.8) is 0 Å². The Hall–Kier alpha value is -1.40. The molecule has 1 rings (SSSR count). The molecule has 0 aliphatic rings. The summed E-state index contributed by atoms with van der Waals surface area (Å²) in [4.78, 5) is 11.6. The second kappa shape index (κ2) is 6.51. The summed E-state index contributed by atoms with van der Waals surface area (Å²) in [5, 5.41) is 2.79. The van der Waals surface area contributed by atoms with Gasteiger partial charge in [-0.1, -0.05) is 12.1 Å². The van der Waals surface area contributed by atoms with Crippen LogP contribution in [0.1, 0.15) is 15.9 Å². The second-order valence-corrected chi connectivity index (χ2v) is 3.67. The van der Waals surface area contributed by atoms with Crippen LogP contribution in [0.5, 0.6) is 0 Å². The monoisotopic (exact) mass is 261 g/mol. The van der Waals surface area contributed by atoms with Gasteiger partial charge in [0.15, 0.2) is 5.78 Å². The molecule has 0 unspecified atom stereocenters. The molecule has 18 heavy (non-hydrogen) atoms. The van der Waals surface area contributed by atoms with E-state index in [2.05, 4.69) is 5.32 Å². The van der Waals surface area contributed by atoms with E-state index in [0.717, 1.165) is 12.1 Å². The zero-order valence-corrected chi connectivity index (χ0v) is 9.88. The highest BCUT2D eigenvalue weighted by Crippen LogP contribution is 2.29. The molecule has 6 heteroatoms. The van der Waals surface area contributed by atoms with E-state index in [1.807, 2.05) is 0 Å². The summed E-state index contributed by atoms with van der Waals surface area (Å²) < 4.78 is 42.1. The fourth-order valence-corrected chi connectivity index (χ4v) is 1.35. The Bertz CT molecular complexity index is 405. The summed E-state index contributed by atoms with van der Waals surface area (Å²) in [6, 6.07) is 4.40. The summed E-state index contributed by atoms with van der Waals surface area (Å²) in [6.07, 6.45) is -4.43. The molecule has 1 aromatic rings. The number of hydrogen-bond donors (Lipinski definition) is 1. The van der Waals surface area contributed by atoms with Crippen LogP contribution in [0, 0.1) is 0 Å². The average molecular weight is 261 g/mol. The number of hydrogen-bond acceptors (Lipinski definition) is 3. The lowest BCUT2D eigenvalue weighted by molar-refractivity contribution is -0.137. The van der Waals surface area contributed by atoms with Gasteiger partial charge < -0.3 is 10.1 Å². The number of halogens is 3. The van der Waals surface area contributed by atoms with Gasteiger partial charge in [-0.2, -0.15) is 13.2 Å². The van der Waals surface area contributed by atoms with Gasteiger partial charge in [-0.05, 0) is 12.1 Å². The van der Waals surface area contributed by atoms with Crippen molar-refractivity contribution in [2.75, 3.05) is 26.8 Å². The largest absolute Gasteiger partial charge is 0.416 e. The van der Waals surface area contributed by atoms with Crippen LogP contribution >= 0.6 is 0 Å². The number of ketones is 1. The smallest absolute Gasteiger partial charge is 0.383 e. The van der Waals surface area contributed by atoms with Crippen molar-refractivity contribution in [2.24, 2.45) is 0 Å². The van der Waals surface area contributed by atoms with Gasteiger partial charge in [-0.15, -0.1) is 0 Å². The van der Waals surface area contributed by atoms with Gasteiger partial charge in [-0.25, -0.2) is 0 Å². The molecule has 0 amide bonds. The highest BCUT2D eigenvalue weighted by molar-refractivity contribution is 5.97. The third-order valence-electron chi connectivity index (χ3n) is 2.28. The average Bonchev–Trinajstić information content (AvgIpc) is 2.33. The van der Waals surface area contributed by atoms with Gasteiger partial charge in [0.25, 0.3) is 0 Å². The first-order valence-electron chi connectivity index (χ1n) is 5.35. The predicted molar refractivity (Wildman–Crippen MR) is 60.5 cm³/mol. The van der Waals surface area contributed by atoms with Gasteiger partial charge in [0.2, 0.25) is 0 Å². The molecule has 0 aliphatic carbocycles. The summed E-state index contributed by atoms with van der Waals surface area (Å²) in [7, 11) is 1.52. The maximum absolute atomic E-state index is 12.4. The molecule has 0 bridgehead atoms. The molecular formula is C12H14F3NO2. The Morgan fingerprint density at radius 2 is 2.11 bits per heavy atom. The fourth-order valence-electron chi connectivity index (χ4n) is 1.35. The van der Waals surface area contributed by atoms with E-state index >= 15 is 0 Å². The molecule has 0 fully saturated rings. The summed E-state index contributed by atoms with van der Waals surface area (Å²) >= 11 is 0. The van der Waals surface area contributed by atoms with Gasteiger partial charge >= 0.3 is 6.18 Å². The molecule has 0 radical (unpaired) electrons. The van der Waals surface area contributed by atoms with E-state index in [0.29, 0.717) is 13.2 Å². The van der Waals surface area contributed by atoms with Crippen molar-refractivity contribution in [3.8, 4) is 0 Å². The van der Waals surface area contributed by atoms with Crippen molar-refractivity contribution in [3.05, 3.63) is 35.4 Å². The Balaban J connectivity index is 2.63. The summed E-state index contributed by atoms with van der Waals surface area (Å²) in [6.45, 7) is 0.905. The summed E-state index contributed by atoms with van der Waals surface area (Å²) in [5.41, 5.74) is -0.764. The van der Waals surface area contributed by atoms with E-state index in [4.69, 9.17) is 4.74 Å². The Kier molecular flexibility index (Phi) is 5.30. The SMILES string of the molecule is COCCNCC(=O)c1cccc(C(F)(F)F)c1. The van der Waals surface area contributed by atoms with Gasteiger partial charge in [0.1, 0.15) is 0 Å². The van der Waals surface area contributed by atoms with E-state index in [9.17, 15) is 18.0 Å². The number of carbonyl (C=O) groups is 1. The topological polar surface area (TPSA) is 38.3 Å². The van der Waals surface area contributed by atoms with Crippen LogP contribution < -0.4 is 5.32 Å². The number of ether oxygens (including phenoxy) is 1. The molecule has 0 aromatic heterocycles. The number of nitrogens with one attached hydrogen (secondary N) is 1. The third-order valence-corrected chi connectivity index (χ3v) is 2.28. The van der Waals surface area contributed by atoms with Crippen LogP contribution in [0.25, 0.3) is 0 Å². The lowest BCUT2D eigenvalue weighted by Gasteiger charge is -2.08. The van der Waals surface area contributed by atoms with Gasteiger partial charge in [0, 0.05) is 19.2 Å². The molecule has 0 heterocycles. The summed E-state index contributed by atoms with van der Waals surface area (Å²) in [5.74, 6) is -0.378. The molecular weight excluding hydrogens is 247 g/mol. The van der Waals surface area contributed by atoms with Crippen molar-refractivity contribution in [2.45, 2.75) is 6.18 Å². The van der Waals surface area contributed by atoms with E-state index in [1.54, 1.807) is 0 Å². The first-order chi connectivity index (χ1) is 8.45. The van der Waals surface area contributed by atoms with Crippen molar-refractivity contribution < 1.29 is 22.7 Å². The zero-order chi connectivity index (χ0) is 13.6. The minimum absolute atomic E-state index is 0.00926. The van der Waals surface area contributed by atoms with Gasteiger partial charge in [0.05, 0.1) is 18.7 Å². The standard InChI is InChI=1S/C12H14F3NO2/c1-18-6-5-16-8-11(17)9-3-2-4-10(7-9)12(13,14)15/h2-4,7,16H,5-6,8H2,1H3. The number of alkyl halides is 3. The first kappa shape index (κ1) is 14.7. The van der Waals surface area contributed by atoms with Crippen molar-refractivity contribution >= 4 is 5.78 Å². The zero-order valence-electron chi connectivity index (χ0n) is 9.88. The lowest BCUT2D eigenvalue weighted by atomic mass is 10.1. The van der Waals surface area contributed by atoms with E-state index < -0.39 is 11.7 Å². The number of Topliss-reactive ketones (excluding diaryl/α,β-unsaturated/α-hetero) is 1. The minimum atomic E-state index is -4.43. The second-order valence-electron chi connectivity index (χ2n) is 3.67. The highest BCUT2D eigenvalue weighted by Gasteiger charge is 2.30. The van der Waals surface area contributed by atoms with Crippen LogP contribution in [0.2, 0.25) is 0 Å². The molecule has 100 valence electrons. The number of rotatable bonds is 6. The lowest BCUT2D eigenvalue weighted by Crippen LogP contribution is -2.26. The van der Waals surface area contributed by atoms with E-state index in [-0.39, 0.29) is 17.9 Å². The molecule has 0 saturated heterocycles. The fraction of sp³-hybridized carbons (Fsp3) is 0.417. The van der Waals surface area contributed by atoms with Crippen molar-refractivity contribution in [1.29, 1.82) is 0 Å². The van der Waals surface area contributed by atoms with Gasteiger partial charge in [-0.3, -0.25) is 4.79 Å². The van der Waals surface area contributed by atoms with Crippen LogP contribution in [0.3, 0.4) is 0 Å². The number of carbonyl (C=O) groups excluding carboxylic acids is 1. The minimum Gasteiger partial charge on any atom is -0.383 e. The molecule has 0 atom stereocenters. The molecule has 1 aromatic carbocycles. The maximum Gasteiger partial charge on any atom is 0.416 e. The Morgan fingerprint density at radius 1 is 1.39 bits per heavy atom. The quantitative estimate of drug-likeness (QED) is 0.629. The van der Waals surface area contributed by atoms with E-state index in [1.165, 1.54) is 19.2 Å². The third kappa shape index (κ3) is 4.46. The first-order valence-corrected chi connectivity index (χ1v) is 5.35. The number of methoxy groups -OCH3 is 1. The van der Waals surface area contributed by atoms with Crippen molar-refractivity contribution in [1.82, 2.24) is 5.32 Å². The highest BCUT2D eigenvalue weighted by atomic mass is 19.4. The Labute approximate surface area is 103 Å². The predicted octanol–water partition coefficient (Wildman–Crippen LogP) is 2.12.